The first-order chi connectivity index (χ1) is 12.7. The van der Waals surface area contributed by atoms with E-state index in [0.717, 1.165) is 18.7 Å². The standard InChI is InChI=1S/C22H29N3O2.2ClH/c1-21(2,3)17-6-8-18(9-7-17)27-19-10-5-16(13-24-19)20(26)25-12-11-22(4,14-23)15-25;;/h5-10,13H,11-12,14-15,23H2,1-4H3;2*1H. The fourth-order valence-corrected chi connectivity index (χ4v) is 3.26. The zero-order valence-electron chi connectivity index (χ0n) is 17.5. The molecule has 1 aromatic heterocycles. The van der Waals surface area contributed by atoms with Crippen molar-refractivity contribution in [2.75, 3.05) is 19.6 Å². The van der Waals surface area contributed by atoms with E-state index in [2.05, 4.69) is 44.8 Å². The zero-order valence-corrected chi connectivity index (χ0v) is 19.1. The van der Waals surface area contributed by atoms with Crippen LogP contribution in [0.25, 0.3) is 0 Å². The highest BCUT2D eigenvalue weighted by molar-refractivity contribution is 5.94. The number of hydrogen-bond donors (Lipinski definition) is 1. The van der Waals surface area contributed by atoms with Crippen LogP contribution in [0.4, 0.5) is 0 Å². The third-order valence-electron chi connectivity index (χ3n) is 5.26. The minimum Gasteiger partial charge on any atom is -0.439 e. The number of carbonyl (C=O) groups excluding carboxylic acids is 1. The van der Waals surface area contributed by atoms with Crippen LogP contribution in [0, 0.1) is 5.41 Å². The molecular formula is C22H31Cl2N3O2. The maximum absolute atomic E-state index is 12.7. The first-order valence-corrected chi connectivity index (χ1v) is 9.44. The van der Waals surface area contributed by atoms with Gasteiger partial charge in [0, 0.05) is 25.4 Å². The largest absolute Gasteiger partial charge is 0.439 e. The van der Waals surface area contributed by atoms with Gasteiger partial charge in [-0.2, -0.15) is 0 Å². The summed E-state index contributed by atoms with van der Waals surface area (Å²) in [4.78, 5) is 18.8. The molecule has 1 fully saturated rings. The summed E-state index contributed by atoms with van der Waals surface area (Å²) in [6.45, 7) is 10.7. The van der Waals surface area contributed by atoms with Crippen molar-refractivity contribution in [3.05, 3.63) is 53.7 Å². The molecule has 5 nitrogen and oxygen atoms in total. The van der Waals surface area contributed by atoms with Crippen LogP contribution < -0.4 is 10.5 Å². The average Bonchev–Trinajstić information content (AvgIpc) is 3.04. The van der Waals surface area contributed by atoms with E-state index in [1.807, 2.05) is 17.0 Å². The summed E-state index contributed by atoms with van der Waals surface area (Å²) in [5.41, 5.74) is 7.78. The van der Waals surface area contributed by atoms with Crippen molar-refractivity contribution >= 4 is 30.7 Å². The molecule has 7 heteroatoms. The molecule has 0 bridgehead atoms. The minimum atomic E-state index is 0. The summed E-state index contributed by atoms with van der Waals surface area (Å²) in [5, 5.41) is 0. The van der Waals surface area contributed by atoms with Crippen LogP contribution in [-0.4, -0.2) is 35.4 Å². The molecule has 2 N–H and O–H groups in total. The van der Waals surface area contributed by atoms with Gasteiger partial charge in [0.1, 0.15) is 5.75 Å². The molecule has 1 saturated heterocycles. The first kappa shape index (κ1) is 25.2. The normalized spacial score (nSPS) is 18.6. The summed E-state index contributed by atoms with van der Waals surface area (Å²) < 4.78 is 5.80. The molecule has 1 aliphatic rings. The average molecular weight is 440 g/mol. The number of aromatic nitrogens is 1. The fourth-order valence-electron chi connectivity index (χ4n) is 3.26. The SMILES string of the molecule is CC1(CN)CCN(C(=O)c2ccc(Oc3ccc(C(C)(C)C)cc3)nc2)C1.Cl.Cl. The number of amides is 1. The lowest BCUT2D eigenvalue weighted by Gasteiger charge is -2.22. The summed E-state index contributed by atoms with van der Waals surface area (Å²) in [7, 11) is 0. The van der Waals surface area contributed by atoms with Gasteiger partial charge in [0.15, 0.2) is 0 Å². The molecule has 0 radical (unpaired) electrons. The van der Waals surface area contributed by atoms with Gasteiger partial charge in [0.05, 0.1) is 5.56 Å². The van der Waals surface area contributed by atoms with E-state index in [4.69, 9.17) is 10.5 Å². The number of nitrogens with zero attached hydrogens (tertiary/aromatic N) is 2. The maximum atomic E-state index is 12.7. The molecule has 1 atom stereocenters. The lowest BCUT2D eigenvalue weighted by atomic mass is 9.87. The second-order valence-electron chi connectivity index (χ2n) is 8.75. The molecule has 0 saturated carbocycles. The molecule has 2 aromatic rings. The van der Waals surface area contributed by atoms with Crippen LogP contribution in [0.2, 0.25) is 0 Å². The lowest BCUT2D eigenvalue weighted by Crippen LogP contribution is -2.34. The molecule has 0 spiro atoms. The van der Waals surface area contributed by atoms with Crippen molar-refractivity contribution in [1.29, 1.82) is 0 Å². The van der Waals surface area contributed by atoms with Crippen LogP contribution >= 0.6 is 24.8 Å². The van der Waals surface area contributed by atoms with Crippen molar-refractivity contribution in [3.8, 4) is 11.6 Å². The van der Waals surface area contributed by atoms with Crippen molar-refractivity contribution in [2.45, 2.75) is 39.5 Å². The Labute approximate surface area is 185 Å². The van der Waals surface area contributed by atoms with E-state index in [9.17, 15) is 4.79 Å². The summed E-state index contributed by atoms with van der Waals surface area (Å²) in [6, 6.07) is 11.5. The number of hydrogen-bond acceptors (Lipinski definition) is 4. The van der Waals surface area contributed by atoms with Crippen LogP contribution in [0.15, 0.2) is 42.6 Å². The van der Waals surface area contributed by atoms with Crippen LogP contribution in [0.3, 0.4) is 0 Å². The number of halogens is 2. The third kappa shape index (κ3) is 6.08. The first-order valence-electron chi connectivity index (χ1n) is 9.44. The van der Waals surface area contributed by atoms with E-state index in [0.29, 0.717) is 24.5 Å². The van der Waals surface area contributed by atoms with Gasteiger partial charge in [0.2, 0.25) is 5.88 Å². The predicted octanol–water partition coefficient (Wildman–Crippen LogP) is 4.83. The zero-order chi connectivity index (χ0) is 19.7. The minimum absolute atomic E-state index is 0. The fraction of sp³-hybridized carbons (Fsp3) is 0.455. The number of pyridine rings is 1. The Morgan fingerprint density at radius 1 is 1.17 bits per heavy atom. The van der Waals surface area contributed by atoms with Gasteiger partial charge in [-0.3, -0.25) is 4.79 Å². The number of benzene rings is 1. The Kier molecular flexibility index (Phi) is 8.51. The highest BCUT2D eigenvalue weighted by Crippen LogP contribution is 2.30. The van der Waals surface area contributed by atoms with Gasteiger partial charge >= 0.3 is 0 Å². The van der Waals surface area contributed by atoms with Crippen molar-refractivity contribution < 1.29 is 9.53 Å². The summed E-state index contributed by atoms with van der Waals surface area (Å²) in [5.74, 6) is 1.21. The number of carbonyl (C=O) groups is 1. The molecule has 0 aliphatic carbocycles. The number of ether oxygens (including phenoxy) is 1. The molecule has 3 rings (SSSR count). The molecular weight excluding hydrogens is 409 g/mol. The Balaban J connectivity index is 0.00000210. The predicted molar refractivity (Wildman–Crippen MR) is 122 cm³/mol. The Morgan fingerprint density at radius 3 is 2.31 bits per heavy atom. The molecule has 29 heavy (non-hydrogen) atoms. The molecule has 1 amide bonds. The van der Waals surface area contributed by atoms with Crippen molar-refractivity contribution in [3.63, 3.8) is 0 Å². The molecule has 2 heterocycles. The maximum Gasteiger partial charge on any atom is 0.255 e. The van der Waals surface area contributed by atoms with E-state index < -0.39 is 0 Å². The second kappa shape index (κ2) is 9.79. The Morgan fingerprint density at radius 2 is 1.83 bits per heavy atom. The van der Waals surface area contributed by atoms with Gasteiger partial charge in [0.25, 0.3) is 5.91 Å². The van der Waals surface area contributed by atoms with E-state index in [1.54, 1.807) is 18.3 Å². The monoisotopic (exact) mass is 439 g/mol. The number of likely N-dealkylation sites (tertiary alicyclic amines) is 1. The topological polar surface area (TPSA) is 68.5 Å². The number of nitrogens with two attached hydrogens (primary N) is 1. The highest BCUT2D eigenvalue weighted by Gasteiger charge is 2.35. The van der Waals surface area contributed by atoms with E-state index >= 15 is 0 Å². The van der Waals surface area contributed by atoms with Gasteiger partial charge in [-0.1, -0.05) is 39.8 Å². The van der Waals surface area contributed by atoms with Gasteiger partial charge in [-0.25, -0.2) is 4.98 Å². The van der Waals surface area contributed by atoms with E-state index in [-0.39, 0.29) is 41.6 Å². The van der Waals surface area contributed by atoms with Crippen LogP contribution in [0.1, 0.15) is 50.0 Å². The second-order valence-corrected chi connectivity index (χ2v) is 8.75. The number of rotatable bonds is 4. The molecule has 1 aromatic carbocycles. The van der Waals surface area contributed by atoms with Gasteiger partial charge in [-0.05, 0) is 47.6 Å². The van der Waals surface area contributed by atoms with Crippen LogP contribution in [0.5, 0.6) is 11.6 Å². The van der Waals surface area contributed by atoms with Gasteiger partial charge in [-0.15, -0.1) is 24.8 Å². The molecule has 1 unspecified atom stereocenters. The Bertz CT molecular complexity index is 804. The lowest BCUT2D eigenvalue weighted by molar-refractivity contribution is 0.0776. The molecule has 1 aliphatic heterocycles. The van der Waals surface area contributed by atoms with Crippen LogP contribution in [-0.2, 0) is 5.41 Å². The van der Waals surface area contributed by atoms with Gasteiger partial charge < -0.3 is 15.4 Å². The van der Waals surface area contributed by atoms with Crippen molar-refractivity contribution in [2.24, 2.45) is 11.1 Å². The van der Waals surface area contributed by atoms with E-state index in [1.165, 1.54) is 5.56 Å². The van der Waals surface area contributed by atoms with Crippen molar-refractivity contribution in [1.82, 2.24) is 9.88 Å². The smallest absolute Gasteiger partial charge is 0.255 e. The quantitative estimate of drug-likeness (QED) is 0.740. The highest BCUT2D eigenvalue weighted by atomic mass is 35.5. The third-order valence-corrected chi connectivity index (χ3v) is 5.26. The summed E-state index contributed by atoms with van der Waals surface area (Å²) >= 11 is 0. The summed E-state index contributed by atoms with van der Waals surface area (Å²) in [6.07, 6.45) is 2.52. The Hall–Kier alpha value is -1.82. The molecule has 160 valence electrons.